The number of rotatable bonds is 4. The quantitative estimate of drug-likeness (QED) is 0.877. The lowest BCUT2D eigenvalue weighted by atomic mass is 10.0. The van der Waals surface area contributed by atoms with Crippen LogP contribution in [0.5, 0.6) is 11.5 Å². The minimum atomic E-state index is -0.801. The normalized spacial score (nSPS) is 19.8. The summed E-state index contributed by atoms with van der Waals surface area (Å²) in [6.07, 6.45) is 0.450. The molecule has 1 aromatic carbocycles. The standard InChI is InChI=1S/C14H17NO5/c16-14(17)11(15-3-5-18-6-4-15)7-10-1-2-12-13(8-10)20-9-19-12/h1-2,8,11H,3-7,9H2,(H,16,17). The Kier molecular flexibility index (Phi) is 3.75. The van der Waals surface area contributed by atoms with Crippen LogP contribution in [0.25, 0.3) is 0 Å². The third kappa shape index (κ3) is 2.71. The molecular formula is C14H17NO5. The average Bonchev–Trinajstić information content (AvgIpc) is 2.93. The lowest BCUT2D eigenvalue weighted by Crippen LogP contribution is -2.48. The minimum Gasteiger partial charge on any atom is -0.480 e. The Hall–Kier alpha value is -1.79. The predicted molar refractivity (Wildman–Crippen MR) is 70.1 cm³/mol. The van der Waals surface area contributed by atoms with Gasteiger partial charge in [-0.1, -0.05) is 6.07 Å². The van der Waals surface area contributed by atoms with Gasteiger partial charge in [0.25, 0.3) is 0 Å². The molecule has 0 bridgehead atoms. The number of hydrogen-bond acceptors (Lipinski definition) is 5. The van der Waals surface area contributed by atoms with E-state index < -0.39 is 12.0 Å². The Balaban J connectivity index is 1.74. The van der Waals surface area contributed by atoms with Gasteiger partial charge in [-0.15, -0.1) is 0 Å². The first-order valence-electron chi connectivity index (χ1n) is 6.67. The summed E-state index contributed by atoms with van der Waals surface area (Å²) < 4.78 is 15.8. The van der Waals surface area contributed by atoms with E-state index in [9.17, 15) is 9.90 Å². The highest BCUT2D eigenvalue weighted by Gasteiger charge is 2.27. The second-order valence-electron chi connectivity index (χ2n) is 4.89. The average molecular weight is 279 g/mol. The van der Waals surface area contributed by atoms with Gasteiger partial charge in [0.1, 0.15) is 6.04 Å². The Morgan fingerprint density at radius 1 is 1.25 bits per heavy atom. The van der Waals surface area contributed by atoms with Gasteiger partial charge in [0, 0.05) is 13.1 Å². The van der Waals surface area contributed by atoms with E-state index in [1.54, 1.807) is 0 Å². The van der Waals surface area contributed by atoms with Crippen LogP contribution >= 0.6 is 0 Å². The smallest absolute Gasteiger partial charge is 0.321 e. The summed E-state index contributed by atoms with van der Waals surface area (Å²) in [7, 11) is 0. The maximum absolute atomic E-state index is 11.5. The Morgan fingerprint density at radius 3 is 2.75 bits per heavy atom. The van der Waals surface area contributed by atoms with Gasteiger partial charge in [-0.2, -0.15) is 0 Å². The zero-order valence-electron chi connectivity index (χ0n) is 11.1. The van der Waals surface area contributed by atoms with Crippen LogP contribution in [-0.2, 0) is 16.0 Å². The fourth-order valence-electron chi connectivity index (χ4n) is 2.55. The van der Waals surface area contributed by atoms with Gasteiger partial charge >= 0.3 is 5.97 Å². The number of aliphatic carboxylic acids is 1. The maximum atomic E-state index is 11.5. The molecule has 2 heterocycles. The van der Waals surface area contributed by atoms with E-state index >= 15 is 0 Å². The molecule has 0 amide bonds. The molecule has 1 N–H and O–H groups in total. The molecule has 6 heteroatoms. The molecular weight excluding hydrogens is 262 g/mol. The van der Waals surface area contributed by atoms with Crippen LogP contribution in [0.3, 0.4) is 0 Å². The molecule has 2 aliphatic heterocycles. The van der Waals surface area contributed by atoms with Crippen molar-refractivity contribution in [2.45, 2.75) is 12.5 Å². The number of fused-ring (bicyclic) bond motifs is 1. The highest BCUT2D eigenvalue weighted by atomic mass is 16.7. The molecule has 1 atom stereocenters. The number of morpholine rings is 1. The van der Waals surface area contributed by atoms with Crippen LogP contribution in [0.2, 0.25) is 0 Å². The van der Waals surface area contributed by atoms with Gasteiger partial charge in [0.15, 0.2) is 11.5 Å². The summed E-state index contributed by atoms with van der Waals surface area (Å²) in [5.41, 5.74) is 0.938. The van der Waals surface area contributed by atoms with Crippen molar-refractivity contribution < 1.29 is 24.1 Å². The summed E-state index contributed by atoms with van der Waals surface area (Å²) in [6.45, 7) is 2.71. The maximum Gasteiger partial charge on any atom is 0.321 e. The lowest BCUT2D eigenvalue weighted by Gasteiger charge is -2.32. The van der Waals surface area contributed by atoms with Crippen LogP contribution in [0.15, 0.2) is 18.2 Å². The molecule has 1 fully saturated rings. The first kappa shape index (κ1) is 13.2. The zero-order valence-corrected chi connectivity index (χ0v) is 11.1. The molecule has 0 aliphatic carbocycles. The fraction of sp³-hybridized carbons (Fsp3) is 0.500. The number of nitrogens with zero attached hydrogens (tertiary/aromatic N) is 1. The van der Waals surface area contributed by atoms with E-state index in [2.05, 4.69) is 0 Å². The number of carboxylic acid groups (broad SMARTS) is 1. The second kappa shape index (κ2) is 5.68. The van der Waals surface area contributed by atoms with E-state index in [0.29, 0.717) is 44.2 Å². The van der Waals surface area contributed by atoms with Crippen LogP contribution in [-0.4, -0.2) is 55.1 Å². The molecule has 0 spiro atoms. The van der Waals surface area contributed by atoms with Crippen molar-refractivity contribution in [3.8, 4) is 11.5 Å². The molecule has 0 aromatic heterocycles. The third-order valence-corrected chi connectivity index (χ3v) is 3.64. The molecule has 20 heavy (non-hydrogen) atoms. The van der Waals surface area contributed by atoms with E-state index in [4.69, 9.17) is 14.2 Å². The first-order chi connectivity index (χ1) is 9.74. The van der Waals surface area contributed by atoms with Crippen molar-refractivity contribution in [1.82, 2.24) is 4.90 Å². The lowest BCUT2D eigenvalue weighted by molar-refractivity contribution is -0.145. The zero-order chi connectivity index (χ0) is 13.9. The Labute approximate surface area is 116 Å². The van der Waals surface area contributed by atoms with Crippen molar-refractivity contribution in [3.63, 3.8) is 0 Å². The van der Waals surface area contributed by atoms with Crippen LogP contribution in [0.4, 0.5) is 0 Å². The van der Waals surface area contributed by atoms with Gasteiger partial charge in [-0.05, 0) is 24.1 Å². The van der Waals surface area contributed by atoms with E-state index in [-0.39, 0.29) is 6.79 Å². The third-order valence-electron chi connectivity index (χ3n) is 3.64. The first-order valence-corrected chi connectivity index (χ1v) is 6.67. The number of benzene rings is 1. The number of ether oxygens (including phenoxy) is 3. The summed E-state index contributed by atoms with van der Waals surface area (Å²) in [6, 6.07) is 5.05. The van der Waals surface area contributed by atoms with Gasteiger partial charge < -0.3 is 19.3 Å². The highest BCUT2D eigenvalue weighted by molar-refractivity contribution is 5.74. The minimum absolute atomic E-state index is 0.227. The summed E-state index contributed by atoms with van der Waals surface area (Å²) in [5, 5.41) is 9.44. The Morgan fingerprint density at radius 2 is 2.00 bits per heavy atom. The molecule has 0 radical (unpaired) electrons. The van der Waals surface area contributed by atoms with Crippen molar-refractivity contribution in [2.75, 3.05) is 33.1 Å². The van der Waals surface area contributed by atoms with Gasteiger partial charge in [0.2, 0.25) is 6.79 Å². The number of hydrogen-bond donors (Lipinski definition) is 1. The van der Waals surface area contributed by atoms with Crippen LogP contribution in [0.1, 0.15) is 5.56 Å². The van der Waals surface area contributed by atoms with Crippen molar-refractivity contribution in [3.05, 3.63) is 23.8 Å². The van der Waals surface area contributed by atoms with Crippen molar-refractivity contribution >= 4 is 5.97 Å². The van der Waals surface area contributed by atoms with Crippen LogP contribution in [0, 0.1) is 0 Å². The molecule has 2 aliphatic rings. The molecule has 3 rings (SSSR count). The predicted octanol–water partition coefficient (Wildman–Crippen LogP) is 0.743. The van der Waals surface area contributed by atoms with Gasteiger partial charge in [-0.25, -0.2) is 0 Å². The number of carbonyl (C=O) groups is 1. The molecule has 6 nitrogen and oxygen atoms in total. The van der Waals surface area contributed by atoms with Crippen molar-refractivity contribution in [1.29, 1.82) is 0 Å². The molecule has 1 aromatic rings. The highest BCUT2D eigenvalue weighted by Crippen LogP contribution is 2.33. The second-order valence-corrected chi connectivity index (χ2v) is 4.89. The van der Waals surface area contributed by atoms with Gasteiger partial charge in [-0.3, -0.25) is 9.69 Å². The molecule has 1 unspecified atom stereocenters. The Bertz CT molecular complexity index is 498. The van der Waals surface area contributed by atoms with E-state index in [0.717, 1.165) is 5.56 Å². The largest absolute Gasteiger partial charge is 0.480 e. The molecule has 0 saturated carbocycles. The summed E-state index contributed by atoms with van der Waals surface area (Å²) >= 11 is 0. The van der Waals surface area contributed by atoms with E-state index in [1.165, 1.54) is 0 Å². The van der Waals surface area contributed by atoms with Crippen LogP contribution < -0.4 is 9.47 Å². The van der Waals surface area contributed by atoms with Gasteiger partial charge in [0.05, 0.1) is 13.2 Å². The monoisotopic (exact) mass is 279 g/mol. The van der Waals surface area contributed by atoms with E-state index in [1.807, 2.05) is 23.1 Å². The summed E-state index contributed by atoms with van der Waals surface area (Å²) in [4.78, 5) is 13.5. The van der Waals surface area contributed by atoms with Crippen molar-refractivity contribution in [2.24, 2.45) is 0 Å². The SMILES string of the molecule is O=C(O)C(Cc1ccc2c(c1)OCO2)N1CCOCC1. The molecule has 1 saturated heterocycles. The topological polar surface area (TPSA) is 68.2 Å². The summed E-state index contributed by atoms with van der Waals surface area (Å²) in [5.74, 6) is 0.602. The molecule has 108 valence electrons. The fourth-order valence-corrected chi connectivity index (χ4v) is 2.55. The number of carboxylic acids is 1.